The summed E-state index contributed by atoms with van der Waals surface area (Å²) in [5.74, 6) is 0. The van der Waals surface area contributed by atoms with E-state index >= 15 is 0 Å². The zero-order valence-corrected chi connectivity index (χ0v) is 13.4. The van der Waals surface area contributed by atoms with E-state index in [4.69, 9.17) is 5.73 Å². The zero-order valence-electron chi connectivity index (χ0n) is 13.4. The van der Waals surface area contributed by atoms with Gasteiger partial charge in [0.25, 0.3) is 0 Å². The van der Waals surface area contributed by atoms with Gasteiger partial charge in [-0.3, -0.25) is 4.98 Å². The Morgan fingerprint density at radius 3 is 2.57 bits per heavy atom. The van der Waals surface area contributed by atoms with E-state index in [2.05, 4.69) is 36.2 Å². The average Bonchev–Trinajstić information content (AvgIpc) is 2.49. The SMILES string of the molecule is CCCCCCCCC(N)c1cc(C)nc2ccccc12. The van der Waals surface area contributed by atoms with Crippen molar-refractivity contribution in [3.8, 4) is 0 Å². The van der Waals surface area contributed by atoms with Crippen LogP contribution in [0.1, 0.15) is 69.2 Å². The van der Waals surface area contributed by atoms with Gasteiger partial charge < -0.3 is 5.73 Å². The van der Waals surface area contributed by atoms with Crippen molar-refractivity contribution in [2.24, 2.45) is 5.73 Å². The van der Waals surface area contributed by atoms with E-state index in [9.17, 15) is 0 Å². The third-order valence-corrected chi connectivity index (χ3v) is 4.14. The van der Waals surface area contributed by atoms with Crippen molar-refractivity contribution in [1.82, 2.24) is 4.98 Å². The molecule has 2 rings (SSSR count). The molecular weight excluding hydrogens is 256 g/mol. The van der Waals surface area contributed by atoms with Gasteiger partial charge in [-0.1, -0.05) is 63.6 Å². The monoisotopic (exact) mass is 284 g/mol. The minimum atomic E-state index is 0.128. The number of fused-ring (bicyclic) bond motifs is 1. The number of benzene rings is 1. The first-order chi connectivity index (χ1) is 10.2. The van der Waals surface area contributed by atoms with Gasteiger partial charge in [-0.25, -0.2) is 0 Å². The molecule has 1 heterocycles. The van der Waals surface area contributed by atoms with E-state index in [-0.39, 0.29) is 6.04 Å². The van der Waals surface area contributed by atoms with Crippen molar-refractivity contribution in [3.63, 3.8) is 0 Å². The van der Waals surface area contributed by atoms with Gasteiger partial charge in [0.2, 0.25) is 0 Å². The fourth-order valence-electron chi connectivity index (χ4n) is 2.95. The standard InChI is InChI=1S/C19H28N2/c1-3-4-5-6-7-8-12-18(20)17-14-15(2)21-19-13-10-9-11-16(17)19/h9-11,13-14,18H,3-8,12,20H2,1-2H3. The topological polar surface area (TPSA) is 38.9 Å². The lowest BCUT2D eigenvalue weighted by atomic mass is 9.96. The molecule has 1 aromatic carbocycles. The Morgan fingerprint density at radius 1 is 1.05 bits per heavy atom. The van der Waals surface area contributed by atoms with Crippen LogP contribution in [0.4, 0.5) is 0 Å². The van der Waals surface area contributed by atoms with E-state index in [1.165, 1.54) is 49.5 Å². The van der Waals surface area contributed by atoms with Crippen molar-refractivity contribution in [2.75, 3.05) is 0 Å². The molecule has 0 amide bonds. The van der Waals surface area contributed by atoms with Crippen LogP contribution in [0.5, 0.6) is 0 Å². The second-order valence-corrected chi connectivity index (χ2v) is 6.03. The molecule has 114 valence electrons. The number of unbranched alkanes of at least 4 members (excludes halogenated alkanes) is 5. The first-order valence-electron chi connectivity index (χ1n) is 8.34. The lowest BCUT2D eigenvalue weighted by molar-refractivity contribution is 0.548. The molecule has 2 nitrogen and oxygen atoms in total. The number of aryl methyl sites for hydroxylation is 1. The van der Waals surface area contributed by atoms with E-state index < -0.39 is 0 Å². The Bertz CT molecular complexity index is 562. The van der Waals surface area contributed by atoms with Crippen LogP contribution < -0.4 is 5.73 Å². The molecule has 2 heteroatoms. The molecule has 1 atom stereocenters. The van der Waals surface area contributed by atoms with Gasteiger partial charge in [0.05, 0.1) is 5.52 Å². The van der Waals surface area contributed by atoms with Crippen molar-refractivity contribution in [1.29, 1.82) is 0 Å². The number of pyridine rings is 1. The van der Waals surface area contributed by atoms with Crippen LogP contribution in [0.25, 0.3) is 10.9 Å². The number of hydrogen-bond acceptors (Lipinski definition) is 2. The summed E-state index contributed by atoms with van der Waals surface area (Å²) in [6, 6.07) is 10.6. The summed E-state index contributed by atoms with van der Waals surface area (Å²) in [6.45, 7) is 4.31. The Labute approximate surface area is 128 Å². The minimum Gasteiger partial charge on any atom is -0.324 e. The normalized spacial score (nSPS) is 12.7. The van der Waals surface area contributed by atoms with Crippen molar-refractivity contribution >= 4 is 10.9 Å². The molecule has 0 aliphatic rings. The van der Waals surface area contributed by atoms with Crippen molar-refractivity contribution in [2.45, 2.75) is 64.8 Å². The largest absolute Gasteiger partial charge is 0.324 e. The van der Waals surface area contributed by atoms with Crippen LogP contribution in [0.15, 0.2) is 30.3 Å². The Kier molecular flexibility index (Phi) is 6.19. The molecule has 21 heavy (non-hydrogen) atoms. The van der Waals surface area contributed by atoms with E-state index in [1.807, 2.05) is 13.0 Å². The molecule has 2 N–H and O–H groups in total. The van der Waals surface area contributed by atoms with Gasteiger partial charge in [0.15, 0.2) is 0 Å². The van der Waals surface area contributed by atoms with Gasteiger partial charge >= 0.3 is 0 Å². The second kappa shape index (κ2) is 8.14. The predicted octanol–water partition coefficient (Wildman–Crippen LogP) is 5.29. The van der Waals surface area contributed by atoms with Crippen molar-refractivity contribution in [3.05, 3.63) is 41.6 Å². The molecular formula is C19H28N2. The maximum atomic E-state index is 6.44. The Hall–Kier alpha value is -1.41. The van der Waals surface area contributed by atoms with Gasteiger partial charge in [0.1, 0.15) is 0 Å². The van der Waals surface area contributed by atoms with Gasteiger partial charge in [-0.2, -0.15) is 0 Å². The van der Waals surface area contributed by atoms with Crippen LogP contribution in [0.2, 0.25) is 0 Å². The quantitative estimate of drug-likeness (QED) is 0.669. The highest BCUT2D eigenvalue weighted by Gasteiger charge is 2.11. The summed E-state index contributed by atoms with van der Waals surface area (Å²) in [6.07, 6.45) is 8.97. The zero-order chi connectivity index (χ0) is 15.1. The summed E-state index contributed by atoms with van der Waals surface area (Å²) in [5, 5.41) is 1.21. The lowest BCUT2D eigenvalue weighted by Crippen LogP contribution is -2.11. The number of nitrogens with zero attached hydrogens (tertiary/aromatic N) is 1. The Morgan fingerprint density at radius 2 is 1.76 bits per heavy atom. The minimum absolute atomic E-state index is 0.128. The molecule has 1 unspecified atom stereocenters. The third kappa shape index (κ3) is 4.53. The predicted molar refractivity (Wildman–Crippen MR) is 91.4 cm³/mol. The molecule has 0 radical (unpaired) electrons. The first-order valence-corrected chi connectivity index (χ1v) is 8.34. The highest BCUT2D eigenvalue weighted by Crippen LogP contribution is 2.26. The van der Waals surface area contributed by atoms with Crippen LogP contribution in [0.3, 0.4) is 0 Å². The summed E-state index contributed by atoms with van der Waals surface area (Å²) >= 11 is 0. The van der Waals surface area contributed by atoms with Gasteiger partial charge in [0, 0.05) is 17.1 Å². The number of nitrogens with two attached hydrogens (primary N) is 1. The smallest absolute Gasteiger partial charge is 0.0708 e. The third-order valence-electron chi connectivity index (χ3n) is 4.14. The Balaban J connectivity index is 1.97. The molecule has 0 saturated heterocycles. The number of aromatic nitrogens is 1. The fourth-order valence-corrected chi connectivity index (χ4v) is 2.95. The van der Waals surface area contributed by atoms with E-state index in [0.717, 1.165) is 17.6 Å². The molecule has 0 saturated carbocycles. The summed E-state index contributed by atoms with van der Waals surface area (Å²) < 4.78 is 0. The first kappa shape index (κ1) is 16.0. The molecule has 0 bridgehead atoms. The van der Waals surface area contributed by atoms with Crippen LogP contribution >= 0.6 is 0 Å². The number of rotatable bonds is 8. The average molecular weight is 284 g/mol. The molecule has 0 fully saturated rings. The number of para-hydroxylation sites is 1. The maximum Gasteiger partial charge on any atom is 0.0708 e. The maximum absolute atomic E-state index is 6.44. The van der Waals surface area contributed by atoms with Crippen LogP contribution in [0, 0.1) is 6.92 Å². The fraction of sp³-hybridized carbons (Fsp3) is 0.526. The molecule has 0 aliphatic carbocycles. The summed E-state index contributed by atoms with van der Waals surface area (Å²) in [7, 11) is 0. The lowest BCUT2D eigenvalue weighted by Gasteiger charge is -2.15. The van der Waals surface area contributed by atoms with Gasteiger partial charge in [-0.15, -0.1) is 0 Å². The highest BCUT2D eigenvalue weighted by atomic mass is 14.7. The van der Waals surface area contributed by atoms with E-state index in [0.29, 0.717) is 0 Å². The molecule has 0 spiro atoms. The van der Waals surface area contributed by atoms with E-state index in [1.54, 1.807) is 0 Å². The second-order valence-electron chi connectivity index (χ2n) is 6.03. The molecule has 0 aliphatic heterocycles. The summed E-state index contributed by atoms with van der Waals surface area (Å²) in [4.78, 5) is 4.59. The van der Waals surface area contributed by atoms with Crippen LogP contribution in [-0.2, 0) is 0 Å². The van der Waals surface area contributed by atoms with Gasteiger partial charge in [-0.05, 0) is 31.0 Å². The summed E-state index contributed by atoms with van der Waals surface area (Å²) in [5.41, 5.74) is 9.82. The highest BCUT2D eigenvalue weighted by molar-refractivity contribution is 5.82. The number of hydrogen-bond donors (Lipinski definition) is 1. The van der Waals surface area contributed by atoms with Crippen LogP contribution in [-0.4, -0.2) is 4.98 Å². The molecule has 1 aromatic heterocycles. The van der Waals surface area contributed by atoms with Crippen molar-refractivity contribution < 1.29 is 0 Å². The molecule has 2 aromatic rings.